The lowest BCUT2D eigenvalue weighted by Crippen LogP contribution is -2.40. The molecule has 88 valence electrons. The normalized spacial score (nSPS) is 24.5. The van der Waals surface area contributed by atoms with Crippen LogP contribution < -0.4 is 0 Å². The van der Waals surface area contributed by atoms with E-state index in [9.17, 15) is 13.0 Å². The van der Waals surface area contributed by atoms with E-state index in [-0.39, 0.29) is 0 Å². The highest BCUT2D eigenvalue weighted by Crippen LogP contribution is 2.03. The summed E-state index contributed by atoms with van der Waals surface area (Å²) in [5.74, 6) is 0. The summed E-state index contributed by atoms with van der Waals surface area (Å²) in [7, 11) is -1.44. The van der Waals surface area contributed by atoms with Crippen molar-refractivity contribution in [2.45, 2.75) is 0 Å². The van der Waals surface area contributed by atoms with Gasteiger partial charge in [-0.1, -0.05) is 6.58 Å². The number of hydrogen-bond acceptors (Lipinski definition) is 5. The standard InChI is InChI=1S/C7H13N2.CH4O4S/c1-3-5-9(2)6-4-8-7-9;1-5-6(2,3)4/h3,7H,1,4-6H2,2H3;1H3,(H,2,3,4)/q+1;/p-1. The molecule has 0 bridgehead atoms. The number of aliphatic imine (C=N–C) groups is 1. The van der Waals surface area contributed by atoms with Gasteiger partial charge in [0.1, 0.15) is 13.1 Å². The third-order valence-corrected chi connectivity index (χ3v) is 2.26. The first kappa shape index (κ1) is 14.2. The molecule has 1 heterocycles. The number of rotatable bonds is 3. The molecule has 0 amide bonds. The van der Waals surface area contributed by atoms with Crippen molar-refractivity contribution in [1.82, 2.24) is 0 Å². The zero-order valence-corrected chi connectivity index (χ0v) is 9.74. The van der Waals surface area contributed by atoms with E-state index in [1.54, 1.807) is 0 Å². The van der Waals surface area contributed by atoms with E-state index < -0.39 is 10.4 Å². The van der Waals surface area contributed by atoms with Crippen LogP contribution in [-0.4, -0.2) is 57.6 Å². The molecule has 0 fully saturated rings. The molecule has 0 spiro atoms. The molecule has 0 saturated heterocycles. The molecule has 7 heteroatoms. The van der Waals surface area contributed by atoms with E-state index in [0.717, 1.165) is 31.2 Å². The van der Waals surface area contributed by atoms with Crippen molar-refractivity contribution in [3.8, 4) is 0 Å². The van der Waals surface area contributed by atoms with Gasteiger partial charge in [0.15, 0.2) is 6.34 Å². The summed E-state index contributed by atoms with van der Waals surface area (Å²) in [5, 5.41) is 0. The SMILES string of the molecule is C=CC[N+]1(C)C=NCC1.COS(=O)(=O)[O-]. The summed E-state index contributed by atoms with van der Waals surface area (Å²) >= 11 is 0. The Morgan fingerprint density at radius 3 is 2.53 bits per heavy atom. The van der Waals surface area contributed by atoms with Crippen LogP contribution in [0.15, 0.2) is 17.6 Å². The molecular formula is C8H16N2O4S. The molecule has 0 aliphatic carbocycles. The second kappa shape index (κ2) is 5.96. The Morgan fingerprint density at radius 1 is 1.73 bits per heavy atom. The van der Waals surface area contributed by atoms with E-state index in [2.05, 4.69) is 22.8 Å². The highest BCUT2D eigenvalue weighted by atomic mass is 32.3. The lowest BCUT2D eigenvalue weighted by atomic mass is 10.4. The molecule has 0 radical (unpaired) electrons. The second-order valence-corrected chi connectivity index (χ2v) is 4.42. The van der Waals surface area contributed by atoms with Crippen molar-refractivity contribution in [3.63, 3.8) is 0 Å². The molecule has 1 rings (SSSR count). The van der Waals surface area contributed by atoms with Crippen LogP contribution in [0.1, 0.15) is 0 Å². The minimum absolute atomic E-state index is 0.808. The molecular weight excluding hydrogens is 220 g/mol. The maximum atomic E-state index is 9.22. The molecule has 1 unspecified atom stereocenters. The van der Waals surface area contributed by atoms with Crippen LogP contribution in [-0.2, 0) is 14.6 Å². The summed E-state index contributed by atoms with van der Waals surface area (Å²) < 4.78 is 32.0. The van der Waals surface area contributed by atoms with E-state index >= 15 is 0 Å². The van der Waals surface area contributed by atoms with E-state index in [1.807, 2.05) is 12.4 Å². The average molecular weight is 236 g/mol. The largest absolute Gasteiger partial charge is 0.726 e. The topological polar surface area (TPSA) is 78.8 Å². The molecule has 1 aliphatic rings. The van der Waals surface area contributed by atoms with Gasteiger partial charge < -0.3 is 4.55 Å². The predicted octanol–water partition coefficient (Wildman–Crippen LogP) is -0.246. The van der Waals surface area contributed by atoms with Crippen LogP contribution >= 0.6 is 0 Å². The van der Waals surface area contributed by atoms with Gasteiger partial charge in [0, 0.05) is 0 Å². The number of nitrogens with zero attached hydrogens (tertiary/aromatic N) is 2. The van der Waals surface area contributed by atoms with Gasteiger partial charge >= 0.3 is 0 Å². The minimum Gasteiger partial charge on any atom is -0.726 e. The van der Waals surface area contributed by atoms with Gasteiger partial charge in [0.25, 0.3) is 0 Å². The van der Waals surface area contributed by atoms with Crippen molar-refractivity contribution in [2.24, 2.45) is 4.99 Å². The van der Waals surface area contributed by atoms with Gasteiger partial charge in [0.2, 0.25) is 10.4 Å². The van der Waals surface area contributed by atoms with Crippen molar-refractivity contribution >= 4 is 16.7 Å². The van der Waals surface area contributed by atoms with Crippen molar-refractivity contribution in [1.29, 1.82) is 0 Å². The Balaban J connectivity index is 0.000000288. The lowest BCUT2D eigenvalue weighted by molar-refractivity contribution is -0.800. The first-order valence-corrected chi connectivity index (χ1v) is 5.64. The molecule has 0 aromatic heterocycles. The van der Waals surface area contributed by atoms with Crippen LogP contribution in [0.5, 0.6) is 0 Å². The minimum atomic E-state index is -4.41. The van der Waals surface area contributed by atoms with E-state index in [4.69, 9.17) is 0 Å². The summed E-state index contributed by atoms with van der Waals surface area (Å²) in [6, 6.07) is 0. The first-order valence-electron chi connectivity index (χ1n) is 4.30. The predicted molar refractivity (Wildman–Crippen MR) is 56.2 cm³/mol. The van der Waals surface area contributed by atoms with Gasteiger partial charge in [-0.3, -0.25) is 8.67 Å². The maximum Gasteiger partial charge on any atom is 0.217 e. The van der Waals surface area contributed by atoms with Gasteiger partial charge in [-0.05, 0) is 6.08 Å². The maximum absolute atomic E-state index is 9.22. The van der Waals surface area contributed by atoms with Crippen molar-refractivity contribution in [2.75, 3.05) is 33.8 Å². The van der Waals surface area contributed by atoms with E-state index in [1.165, 1.54) is 0 Å². The second-order valence-electron chi connectivity index (χ2n) is 3.27. The van der Waals surface area contributed by atoms with Gasteiger partial charge in [-0.2, -0.15) is 0 Å². The fourth-order valence-corrected chi connectivity index (χ4v) is 1.03. The fourth-order valence-electron chi connectivity index (χ4n) is 1.03. The molecule has 0 N–H and O–H groups in total. The molecule has 1 atom stereocenters. The third-order valence-electron chi connectivity index (χ3n) is 1.85. The highest BCUT2D eigenvalue weighted by Gasteiger charge is 2.20. The Hall–Kier alpha value is -0.760. The quantitative estimate of drug-likeness (QED) is 0.293. The van der Waals surface area contributed by atoms with Crippen LogP contribution in [0.4, 0.5) is 0 Å². The molecule has 6 nitrogen and oxygen atoms in total. The third kappa shape index (κ3) is 7.20. The molecule has 0 aromatic rings. The molecule has 15 heavy (non-hydrogen) atoms. The van der Waals surface area contributed by atoms with Crippen LogP contribution in [0.3, 0.4) is 0 Å². The Morgan fingerprint density at radius 2 is 2.27 bits per heavy atom. The van der Waals surface area contributed by atoms with Crippen LogP contribution in [0, 0.1) is 0 Å². The smallest absolute Gasteiger partial charge is 0.217 e. The molecule has 0 aromatic carbocycles. The van der Waals surface area contributed by atoms with Crippen molar-refractivity contribution in [3.05, 3.63) is 12.7 Å². The Labute approximate surface area is 90.4 Å². The first-order chi connectivity index (χ1) is 6.83. The zero-order valence-electron chi connectivity index (χ0n) is 8.92. The van der Waals surface area contributed by atoms with Crippen LogP contribution in [0.25, 0.3) is 0 Å². The number of quaternary nitrogens is 1. The summed E-state index contributed by atoms with van der Waals surface area (Å²) in [6.45, 7) is 6.80. The Kier molecular flexibility index (Phi) is 5.66. The van der Waals surface area contributed by atoms with Gasteiger partial charge in [0.05, 0.1) is 20.7 Å². The zero-order chi connectivity index (χ0) is 11.9. The van der Waals surface area contributed by atoms with E-state index in [0.29, 0.717) is 0 Å². The van der Waals surface area contributed by atoms with Gasteiger partial charge in [-0.15, -0.1) is 0 Å². The Bertz CT molecular complexity index is 326. The monoisotopic (exact) mass is 236 g/mol. The lowest BCUT2D eigenvalue weighted by Gasteiger charge is -2.22. The number of hydrogen-bond donors (Lipinski definition) is 0. The summed E-state index contributed by atoms with van der Waals surface area (Å²) in [5.41, 5.74) is 0. The van der Waals surface area contributed by atoms with Crippen LogP contribution in [0.2, 0.25) is 0 Å². The fraction of sp³-hybridized carbons (Fsp3) is 0.625. The summed E-state index contributed by atoms with van der Waals surface area (Å²) in [6.07, 6.45) is 3.94. The average Bonchev–Trinajstić information content (AvgIpc) is 2.53. The molecule has 0 saturated carbocycles. The number of likely N-dealkylation sites (N-methyl/N-ethyl adjacent to an activating group) is 1. The highest BCUT2D eigenvalue weighted by molar-refractivity contribution is 7.80. The van der Waals surface area contributed by atoms with Crippen molar-refractivity contribution < 1.29 is 21.6 Å². The molecule has 1 aliphatic heterocycles. The summed E-state index contributed by atoms with van der Waals surface area (Å²) in [4.78, 5) is 4.15. The van der Waals surface area contributed by atoms with Gasteiger partial charge in [-0.25, -0.2) is 13.4 Å².